The molecule has 2 aromatic rings. The lowest BCUT2D eigenvalue weighted by molar-refractivity contribution is 0.174. The summed E-state index contributed by atoms with van der Waals surface area (Å²) < 4.78 is 10.6. The van der Waals surface area contributed by atoms with Crippen LogP contribution in [0.1, 0.15) is 24.0 Å². The minimum Gasteiger partial charge on any atom is -0.454 e. The van der Waals surface area contributed by atoms with Gasteiger partial charge in [0.05, 0.1) is 5.54 Å². The highest BCUT2D eigenvalue weighted by molar-refractivity contribution is 5.75. The van der Waals surface area contributed by atoms with Gasteiger partial charge in [-0.05, 0) is 36.1 Å². The molecule has 5 nitrogen and oxygen atoms in total. The van der Waals surface area contributed by atoms with Crippen LogP contribution in [-0.4, -0.2) is 12.8 Å². The lowest BCUT2D eigenvalue weighted by Crippen LogP contribution is -2.41. The Morgan fingerprint density at radius 1 is 1.04 bits per heavy atom. The molecule has 1 saturated carbocycles. The topological polar surface area (TPSA) is 59.6 Å². The summed E-state index contributed by atoms with van der Waals surface area (Å²) in [6.07, 6.45) is 1.96. The van der Waals surface area contributed by atoms with Gasteiger partial charge in [0.15, 0.2) is 11.5 Å². The molecule has 2 amide bonds. The number of fused-ring (bicyclic) bond motifs is 1. The van der Waals surface area contributed by atoms with E-state index >= 15 is 0 Å². The van der Waals surface area contributed by atoms with Crippen LogP contribution in [0.2, 0.25) is 0 Å². The maximum absolute atomic E-state index is 12.2. The standard InChI is InChI=1S/C18H18N2O3/c21-17(20-18(8-9-18)14-4-2-1-3-5-14)19-11-13-6-7-15-16(10-13)23-12-22-15/h1-7,10H,8-9,11-12H2,(H2,19,20,21). The fourth-order valence-corrected chi connectivity index (χ4v) is 2.86. The van der Waals surface area contributed by atoms with Crippen LogP contribution in [-0.2, 0) is 12.1 Å². The maximum atomic E-state index is 12.2. The minimum atomic E-state index is -0.194. The molecule has 0 atom stereocenters. The molecule has 4 rings (SSSR count). The van der Waals surface area contributed by atoms with Crippen LogP contribution in [0.4, 0.5) is 4.79 Å². The van der Waals surface area contributed by atoms with E-state index < -0.39 is 0 Å². The molecule has 1 fully saturated rings. The quantitative estimate of drug-likeness (QED) is 0.913. The summed E-state index contributed by atoms with van der Waals surface area (Å²) >= 11 is 0. The van der Waals surface area contributed by atoms with E-state index in [1.54, 1.807) is 0 Å². The summed E-state index contributed by atoms with van der Waals surface area (Å²) in [5.74, 6) is 1.48. The van der Waals surface area contributed by atoms with Crippen molar-refractivity contribution in [1.29, 1.82) is 0 Å². The predicted octanol–water partition coefficient (Wildman–Crippen LogP) is 2.90. The first-order valence-corrected chi connectivity index (χ1v) is 7.75. The molecule has 23 heavy (non-hydrogen) atoms. The van der Waals surface area contributed by atoms with E-state index in [1.807, 2.05) is 36.4 Å². The number of carbonyl (C=O) groups excluding carboxylic acids is 1. The molecular formula is C18H18N2O3. The van der Waals surface area contributed by atoms with Crippen molar-refractivity contribution in [3.63, 3.8) is 0 Å². The van der Waals surface area contributed by atoms with E-state index in [0.29, 0.717) is 6.54 Å². The fraction of sp³-hybridized carbons (Fsp3) is 0.278. The molecule has 1 heterocycles. The molecule has 0 bridgehead atoms. The van der Waals surface area contributed by atoms with Gasteiger partial charge < -0.3 is 20.1 Å². The van der Waals surface area contributed by atoms with Gasteiger partial charge in [-0.2, -0.15) is 0 Å². The lowest BCUT2D eigenvalue weighted by atomic mass is 10.1. The van der Waals surface area contributed by atoms with Crippen molar-refractivity contribution in [2.24, 2.45) is 0 Å². The molecule has 118 valence electrons. The summed E-state index contributed by atoms with van der Waals surface area (Å²) in [6, 6.07) is 15.6. The van der Waals surface area contributed by atoms with Gasteiger partial charge in [0, 0.05) is 6.54 Å². The number of urea groups is 1. The molecule has 5 heteroatoms. The Labute approximate surface area is 134 Å². The molecular weight excluding hydrogens is 292 g/mol. The van der Waals surface area contributed by atoms with E-state index in [2.05, 4.69) is 22.8 Å². The molecule has 2 aromatic carbocycles. The molecule has 1 aliphatic heterocycles. The summed E-state index contributed by atoms with van der Waals surface area (Å²) in [6.45, 7) is 0.708. The van der Waals surface area contributed by atoms with Crippen molar-refractivity contribution in [3.8, 4) is 11.5 Å². The number of rotatable bonds is 4. The van der Waals surface area contributed by atoms with Crippen LogP contribution in [0.3, 0.4) is 0 Å². The van der Waals surface area contributed by atoms with E-state index in [-0.39, 0.29) is 18.4 Å². The summed E-state index contributed by atoms with van der Waals surface area (Å²) in [5.41, 5.74) is 1.95. The Morgan fingerprint density at radius 2 is 1.83 bits per heavy atom. The van der Waals surface area contributed by atoms with Crippen molar-refractivity contribution in [1.82, 2.24) is 10.6 Å². The first-order chi connectivity index (χ1) is 11.3. The molecule has 0 aromatic heterocycles. The van der Waals surface area contributed by atoms with E-state index in [1.165, 1.54) is 5.56 Å². The second-order valence-corrected chi connectivity index (χ2v) is 5.94. The number of hydrogen-bond donors (Lipinski definition) is 2. The average molecular weight is 310 g/mol. The molecule has 2 aliphatic rings. The van der Waals surface area contributed by atoms with Gasteiger partial charge in [0.25, 0.3) is 0 Å². The Bertz CT molecular complexity index is 726. The fourth-order valence-electron chi connectivity index (χ4n) is 2.86. The molecule has 0 spiro atoms. The normalized spacial score (nSPS) is 16.7. The number of amides is 2. The number of carbonyl (C=O) groups is 1. The van der Waals surface area contributed by atoms with Crippen LogP contribution in [0.15, 0.2) is 48.5 Å². The Morgan fingerprint density at radius 3 is 2.61 bits per heavy atom. The zero-order valence-corrected chi connectivity index (χ0v) is 12.7. The Hall–Kier alpha value is -2.69. The zero-order chi connectivity index (χ0) is 15.7. The molecule has 0 saturated heterocycles. The highest BCUT2D eigenvalue weighted by Crippen LogP contribution is 2.45. The van der Waals surface area contributed by atoms with Gasteiger partial charge in [-0.15, -0.1) is 0 Å². The first kappa shape index (κ1) is 13.9. The Balaban J connectivity index is 1.36. The molecule has 1 aliphatic carbocycles. The monoisotopic (exact) mass is 310 g/mol. The van der Waals surface area contributed by atoms with Gasteiger partial charge in [0.1, 0.15) is 0 Å². The second kappa shape index (κ2) is 5.50. The van der Waals surface area contributed by atoms with Gasteiger partial charge >= 0.3 is 6.03 Å². The van der Waals surface area contributed by atoms with E-state index in [9.17, 15) is 4.79 Å². The van der Waals surface area contributed by atoms with Gasteiger partial charge in [-0.1, -0.05) is 36.4 Å². The third-order valence-corrected chi connectivity index (χ3v) is 4.32. The van der Waals surface area contributed by atoms with Crippen LogP contribution < -0.4 is 20.1 Å². The van der Waals surface area contributed by atoms with Crippen molar-refractivity contribution in [2.75, 3.05) is 6.79 Å². The highest BCUT2D eigenvalue weighted by Gasteiger charge is 2.45. The average Bonchev–Trinajstić information content (AvgIpc) is 3.21. The van der Waals surface area contributed by atoms with E-state index in [4.69, 9.17) is 9.47 Å². The van der Waals surface area contributed by atoms with Gasteiger partial charge in [-0.3, -0.25) is 0 Å². The molecule has 0 radical (unpaired) electrons. The smallest absolute Gasteiger partial charge is 0.315 e. The number of benzene rings is 2. The molecule has 2 N–H and O–H groups in total. The third kappa shape index (κ3) is 2.82. The SMILES string of the molecule is O=C(NCc1ccc2c(c1)OCO2)NC1(c2ccccc2)CC1. The number of hydrogen-bond acceptors (Lipinski definition) is 3. The van der Waals surface area contributed by atoms with Crippen LogP contribution in [0, 0.1) is 0 Å². The van der Waals surface area contributed by atoms with Crippen molar-refractivity contribution >= 4 is 6.03 Å². The molecule has 0 unspecified atom stereocenters. The van der Waals surface area contributed by atoms with Crippen LogP contribution in [0.25, 0.3) is 0 Å². The van der Waals surface area contributed by atoms with Crippen molar-refractivity contribution < 1.29 is 14.3 Å². The zero-order valence-electron chi connectivity index (χ0n) is 12.7. The maximum Gasteiger partial charge on any atom is 0.315 e. The predicted molar refractivity (Wildman–Crippen MR) is 85.3 cm³/mol. The van der Waals surface area contributed by atoms with Crippen LogP contribution >= 0.6 is 0 Å². The van der Waals surface area contributed by atoms with Crippen molar-refractivity contribution in [3.05, 3.63) is 59.7 Å². The third-order valence-electron chi connectivity index (χ3n) is 4.32. The first-order valence-electron chi connectivity index (χ1n) is 7.75. The second-order valence-electron chi connectivity index (χ2n) is 5.94. The number of nitrogens with one attached hydrogen (secondary N) is 2. The highest BCUT2D eigenvalue weighted by atomic mass is 16.7. The van der Waals surface area contributed by atoms with Gasteiger partial charge in [0.2, 0.25) is 6.79 Å². The summed E-state index contributed by atoms with van der Waals surface area (Å²) in [7, 11) is 0. The largest absolute Gasteiger partial charge is 0.454 e. The van der Waals surface area contributed by atoms with Crippen molar-refractivity contribution in [2.45, 2.75) is 24.9 Å². The van der Waals surface area contributed by atoms with E-state index in [0.717, 1.165) is 29.9 Å². The number of ether oxygens (including phenoxy) is 2. The van der Waals surface area contributed by atoms with Gasteiger partial charge in [-0.25, -0.2) is 4.79 Å². The lowest BCUT2D eigenvalue weighted by Gasteiger charge is -2.18. The summed E-state index contributed by atoms with van der Waals surface area (Å²) in [4.78, 5) is 12.2. The summed E-state index contributed by atoms with van der Waals surface area (Å²) in [5, 5.41) is 6.01. The Kier molecular flexibility index (Phi) is 3.33. The van der Waals surface area contributed by atoms with Crippen LogP contribution in [0.5, 0.6) is 11.5 Å². The minimum absolute atomic E-state index is 0.149.